The van der Waals surface area contributed by atoms with Gasteiger partial charge in [-0.15, -0.1) is 0 Å². The van der Waals surface area contributed by atoms with Crippen LogP contribution >= 0.6 is 0 Å². The maximum Gasteiger partial charge on any atom is 0.278 e. The lowest BCUT2D eigenvalue weighted by Crippen LogP contribution is -2.47. The molecule has 60 valence electrons. The molecule has 0 spiro atoms. The molecule has 0 aromatic carbocycles. The van der Waals surface area contributed by atoms with Crippen molar-refractivity contribution in [1.29, 1.82) is 0 Å². The molecule has 0 amide bonds. The molecule has 10 heavy (non-hydrogen) atoms. The minimum atomic E-state index is -3.46. The second-order valence-corrected chi connectivity index (χ2v) is 3.78. The Kier molecular flexibility index (Phi) is 2.24. The van der Waals surface area contributed by atoms with Gasteiger partial charge in [0.25, 0.3) is 10.2 Å². The summed E-state index contributed by atoms with van der Waals surface area (Å²) in [6.07, 6.45) is 0.830. The first-order chi connectivity index (χ1) is 4.61. The Bertz CT molecular complexity index is 195. The first-order valence-corrected chi connectivity index (χ1v) is 4.59. The molecule has 1 aliphatic rings. The van der Waals surface area contributed by atoms with Gasteiger partial charge in [0.15, 0.2) is 0 Å². The molecule has 1 saturated heterocycles. The Morgan fingerprint density at radius 2 is 2.20 bits per heavy atom. The highest BCUT2D eigenvalue weighted by Gasteiger charge is 2.18. The number of nitrogens with one attached hydrogen (secondary N) is 1. The van der Waals surface area contributed by atoms with Crippen LogP contribution in [0.3, 0.4) is 0 Å². The first kappa shape index (κ1) is 7.93. The Morgan fingerprint density at radius 1 is 1.50 bits per heavy atom. The highest BCUT2D eigenvalue weighted by molar-refractivity contribution is 7.86. The maximum atomic E-state index is 10.6. The van der Waals surface area contributed by atoms with Crippen LogP contribution in [0, 0.1) is 0 Å². The van der Waals surface area contributed by atoms with E-state index in [0.717, 1.165) is 13.0 Å². The van der Waals surface area contributed by atoms with E-state index >= 15 is 0 Å². The van der Waals surface area contributed by atoms with Crippen molar-refractivity contribution in [2.75, 3.05) is 19.8 Å². The van der Waals surface area contributed by atoms with Crippen molar-refractivity contribution in [3.05, 3.63) is 0 Å². The van der Waals surface area contributed by atoms with E-state index in [1.54, 1.807) is 0 Å². The fourth-order valence-electron chi connectivity index (χ4n) is 0.880. The lowest BCUT2D eigenvalue weighted by molar-refractivity contribution is 0.330. The second kappa shape index (κ2) is 2.83. The number of hydrogen-bond acceptors (Lipinski definition) is 3. The van der Waals surface area contributed by atoms with Gasteiger partial charge >= 0.3 is 0 Å². The minimum absolute atomic E-state index is 0.346. The Balaban J connectivity index is 2.56. The summed E-state index contributed by atoms with van der Waals surface area (Å²) in [4.78, 5) is 0. The fraction of sp³-hybridized carbons (Fsp3) is 1.00. The number of rotatable bonds is 1. The van der Waals surface area contributed by atoms with Gasteiger partial charge in [-0.25, -0.2) is 5.14 Å². The van der Waals surface area contributed by atoms with E-state index in [0.29, 0.717) is 13.2 Å². The van der Waals surface area contributed by atoms with Crippen LogP contribution in [0.2, 0.25) is 0 Å². The molecule has 1 fully saturated rings. The van der Waals surface area contributed by atoms with E-state index < -0.39 is 10.2 Å². The van der Waals surface area contributed by atoms with Gasteiger partial charge in [0, 0.05) is 6.54 Å². The Morgan fingerprint density at radius 3 is 2.50 bits per heavy atom. The zero-order chi connectivity index (χ0) is 7.61. The van der Waals surface area contributed by atoms with Gasteiger partial charge in [-0.1, -0.05) is 0 Å². The van der Waals surface area contributed by atoms with Crippen LogP contribution in [-0.4, -0.2) is 32.5 Å². The molecule has 0 radical (unpaired) electrons. The van der Waals surface area contributed by atoms with Crippen LogP contribution in [0.4, 0.5) is 0 Å². The lowest BCUT2D eigenvalue weighted by atomic mass is 10.4. The molecule has 0 atom stereocenters. The molecule has 0 bridgehead atoms. The fourth-order valence-corrected chi connectivity index (χ4v) is 1.54. The van der Waals surface area contributed by atoms with Gasteiger partial charge in [-0.05, 0) is 13.0 Å². The zero-order valence-corrected chi connectivity index (χ0v) is 6.39. The average Bonchev–Trinajstić information content (AvgIpc) is 1.88. The number of nitrogens with two attached hydrogens (primary N) is 1. The summed E-state index contributed by atoms with van der Waals surface area (Å²) in [6, 6.07) is 0. The highest BCUT2D eigenvalue weighted by Crippen LogP contribution is 1.98. The maximum absolute atomic E-state index is 10.6. The van der Waals surface area contributed by atoms with Crippen molar-refractivity contribution in [2.24, 2.45) is 5.14 Å². The van der Waals surface area contributed by atoms with Crippen molar-refractivity contribution in [1.82, 2.24) is 9.62 Å². The Labute approximate surface area is 60.4 Å². The summed E-state index contributed by atoms with van der Waals surface area (Å²) in [6.45, 7) is 1.75. The van der Waals surface area contributed by atoms with Crippen molar-refractivity contribution < 1.29 is 8.42 Å². The van der Waals surface area contributed by atoms with Crippen LogP contribution in [0.5, 0.6) is 0 Å². The van der Waals surface area contributed by atoms with Gasteiger partial charge in [-0.3, -0.25) is 0 Å². The predicted molar refractivity (Wildman–Crippen MR) is 37.3 cm³/mol. The second-order valence-electron chi connectivity index (χ2n) is 2.23. The van der Waals surface area contributed by atoms with Crippen molar-refractivity contribution in [3.8, 4) is 0 Å². The molecule has 1 aliphatic heterocycles. The third-order valence-corrected chi connectivity index (χ3v) is 2.44. The van der Waals surface area contributed by atoms with E-state index in [4.69, 9.17) is 5.14 Å². The summed E-state index contributed by atoms with van der Waals surface area (Å²) in [5.41, 5.74) is 0. The van der Waals surface area contributed by atoms with Gasteiger partial charge in [0.2, 0.25) is 0 Å². The summed E-state index contributed by atoms with van der Waals surface area (Å²) in [5, 5.41) is 7.78. The summed E-state index contributed by atoms with van der Waals surface area (Å²) < 4.78 is 22.5. The molecule has 1 rings (SSSR count). The molecule has 1 heterocycles. The molecular formula is C4H11N3O2S. The smallest absolute Gasteiger partial charge is 0.278 e. The Hall–Kier alpha value is -0.170. The summed E-state index contributed by atoms with van der Waals surface area (Å²) in [5.74, 6) is 0. The van der Waals surface area contributed by atoms with E-state index in [9.17, 15) is 8.42 Å². The number of nitrogens with zero attached hydrogens (tertiary/aromatic N) is 1. The third-order valence-electron chi connectivity index (χ3n) is 1.41. The molecule has 6 heteroatoms. The monoisotopic (exact) mass is 165 g/mol. The summed E-state index contributed by atoms with van der Waals surface area (Å²) >= 11 is 0. The lowest BCUT2D eigenvalue weighted by Gasteiger charge is -2.24. The number of hydrogen-bond donors (Lipinski definition) is 2. The van der Waals surface area contributed by atoms with E-state index in [2.05, 4.69) is 5.32 Å². The highest BCUT2D eigenvalue weighted by atomic mass is 32.2. The van der Waals surface area contributed by atoms with Crippen LogP contribution in [-0.2, 0) is 10.2 Å². The zero-order valence-electron chi connectivity index (χ0n) is 5.58. The van der Waals surface area contributed by atoms with Crippen molar-refractivity contribution in [2.45, 2.75) is 6.42 Å². The van der Waals surface area contributed by atoms with Crippen LogP contribution < -0.4 is 10.5 Å². The van der Waals surface area contributed by atoms with Gasteiger partial charge in [-0.2, -0.15) is 12.7 Å². The largest absolute Gasteiger partial charge is 0.303 e. The standard InChI is InChI=1S/C4H11N3O2S/c5-10(8,9)7-3-1-2-6-4-7/h6H,1-4H2,(H2,5,8,9). The quantitative estimate of drug-likeness (QED) is 0.493. The SMILES string of the molecule is NS(=O)(=O)N1CCCNC1. The molecule has 0 aromatic rings. The molecule has 3 N–H and O–H groups in total. The van der Waals surface area contributed by atoms with E-state index in [1.807, 2.05) is 0 Å². The van der Waals surface area contributed by atoms with Crippen molar-refractivity contribution in [3.63, 3.8) is 0 Å². The molecule has 0 aliphatic carbocycles. The normalized spacial score (nSPS) is 22.9. The van der Waals surface area contributed by atoms with Crippen LogP contribution in [0.15, 0.2) is 0 Å². The van der Waals surface area contributed by atoms with Gasteiger partial charge < -0.3 is 5.32 Å². The molecular weight excluding hydrogens is 154 g/mol. The predicted octanol–water partition coefficient (Wildman–Crippen LogP) is -1.56. The van der Waals surface area contributed by atoms with Crippen LogP contribution in [0.25, 0.3) is 0 Å². The minimum Gasteiger partial charge on any atom is -0.303 e. The topological polar surface area (TPSA) is 75.4 Å². The third kappa shape index (κ3) is 1.91. The molecule has 0 unspecified atom stereocenters. The van der Waals surface area contributed by atoms with Crippen LogP contribution in [0.1, 0.15) is 6.42 Å². The molecule has 0 aromatic heterocycles. The van der Waals surface area contributed by atoms with Crippen molar-refractivity contribution >= 4 is 10.2 Å². The summed E-state index contributed by atoms with van der Waals surface area (Å²) in [7, 11) is -3.46. The average molecular weight is 165 g/mol. The van der Waals surface area contributed by atoms with E-state index in [1.165, 1.54) is 4.31 Å². The van der Waals surface area contributed by atoms with Gasteiger partial charge in [0.05, 0.1) is 6.67 Å². The van der Waals surface area contributed by atoms with E-state index in [-0.39, 0.29) is 0 Å². The molecule has 5 nitrogen and oxygen atoms in total. The first-order valence-electron chi connectivity index (χ1n) is 3.09. The molecule has 0 saturated carbocycles. The van der Waals surface area contributed by atoms with Gasteiger partial charge in [0.1, 0.15) is 0 Å².